The van der Waals surface area contributed by atoms with Crippen LogP contribution in [0, 0.1) is 0 Å². The smallest absolute Gasteiger partial charge is 0.179 e. The van der Waals surface area contributed by atoms with Crippen LogP contribution < -0.4 is 10.5 Å². The van der Waals surface area contributed by atoms with Crippen molar-refractivity contribution in [3.8, 4) is 5.75 Å². The molecule has 0 aliphatic carbocycles. The maximum Gasteiger partial charge on any atom is 0.179 e. The number of methoxy groups -OCH3 is 1. The van der Waals surface area contributed by atoms with Crippen molar-refractivity contribution in [2.24, 2.45) is 0 Å². The molecule has 2 N–H and O–H groups in total. The van der Waals surface area contributed by atoms with Gasteiger partial charge in [0, 0.05) is 11.6 Å². The molecule has 5 nitrogen and oxygen atoms in total. The molecule has 0 spiro atoms. The summed E-state index contributed by atoms with van der Waals surface area (Å²) in [7, 11) is 5.76. The number of anilines is 1. The van der Waals surface area contributed by atoms with Crippen molar-refractivity contribution >= 4 is 11.5 Å². The molecule has 122 valence electrons. The second-order valence-corrected chi connectivity index (χ2v) is 6.20. The quantitative estimate of drug-likeness (QED) is 0.665. The topological polar surface area (TPSA) is 58.8 Å². The number of ether oxygens (including phenoxy) is 1. The zero-order chi connectivity index (χ0) is 16.3. The van der Waals surface area contributed by atoms with Gasteiger partial charge in [-0.15, -0.1) is 0 Å². The molecule has 0 aromatic heterocycles. The van der Waals surface area contributed by atoms with Gasteiger partial charge < -0.3 is 15.4 Å². The number of carbonyl (C=O) groups is 1. The number of Topliss-reactive ketones (excluding diaryl/α,β-unsaturated/α-hetero) is 1. The van der Waals surface area contributed by atoms with Crippen molar-refractivity contribution in [3.63, 3.8) is 0 Å². The monoisotopic (exact) mass is 305 g/mol. The fraction of sp³-hybridized carbons (Fsp3) is 0.588. The van der Waals surface area contributed by atoms with Gasteiger partial charge in [0.2, 0.25) is 0 Å². The number of benzene rings is 1. The van der Waals surface area contributed by atoms with E-state index >= 15 is 0 Å². The molecule has 22 heavy (non-hydrogen) atoms. The molecule has 1 aromatic carbocycles. The van der Waals surface area contributed by atoms with Crippen LogP contribution in [0.25, 0.3) is 0 Å². The van der Waals surface area contributed by atoms with E-state index in [9.17, 15) is 4.79 Å². The maximum absolute atomic E-state index is 12.7. The van der Waals surface area contributed by atoms with Gasteiger partial charge in [-0.1, -0.05) is 0 Å². The standard InChI is InChI=1S/C17H27N3O2/c1-12(20(3)14-7-9-19(2)10-8-14)17(21)13-5-6-16(22-4)15(18)11-13/h5-6,11-12,14H,7-10,18H2,1-4H3. The van der Waals surface area contributed by atoms with Crippen molar-refractivity contribution in [2.45, 2.75) is 31.8 Å². The normalized spacial score (nSPS) is 18.4. The first kappa shape index (κ1) is 16.8. The van der Waals surface area contributed by atoms with Crippen molar-refractivity contribution < 1.29 is 9.53 Å². The number of carbonyl (C=O) groups excluding carboxylic acids is 1. The lowest BCUT2D eigenvalue weighted by atomic mass is 9.98. The number of likely N-dealkylation sites (N-methyl/N-ethyl adjacent to an activating group) is 1. The summed E-state index contributed by atoms with van der Waals surface area (Å²) in [6.07, 6.45) is 2.21. The maximum atomic E-state index is 12.7. The third-order valence-corrected chi connectivity index (χ3v) is 4.77. The van der Waals surface area contributed by atoms with E-state index in [-0.39, 0.29) is 11.8 Å². The molecule has 1 aliphatic heterocycles. The average molecular weight is 305 g/mol. The molecule has 1 heterocycles. The Morgan fingerprint density at radius 1 is 1.41 bits per heavy atom. The zero-order valence-electron chi connectivity index (χ0n) is 14.0. The summed E-state index contributed by atoms with van der Waals surface area (Å²) in [5, 5.41) is 0. The number of nitrogens with two attached hydrogens (primary N) is 1. The number of rotatable bonds is 5. The van der Waals surface area contributed by atoms with E-state index in [4.69, 9.17) is 10.5 Å². The van der Waals surface area contributed by atoms with Crippen LogP contribution in [0.15, 0.2) is 18.2 Å². The Hall–Kier alpha value is -1.59. The van der Waals surface area contributed by atoms with Crippen LogP contribution in [0.4, 0.5) is 5.69 Å². The van der Waals surface area contributed by atoms with Crippen molar-refractivity contribution in [1.82, 2.24) is 9.80 Å². The summed E-state index contributed by atoms with van der Waals surface area (Å²) < 4.78 is 5.14. The van der Waals surface area contributed by atoms with Crippen LogP contribution in [0.3, 0.4) is 0 Å². The Balaban J connectivity index is 2.06. The Kier molecular flexibility index (Phi) is 5.42. The van der Waals surface area contributed by atoms with Gasteiger partial charge in [-0.05, 0) is 65.1 Å². The third kappa shape index (κ3) is 3.59. The number of hydrogen-bond acceptors (Lipinski definition) is 5. The molecule has 5 heteroatoms. The van der Waals surface area contributed by atoms with Gasteiger partial charge in [0.25, 0.3) is 0 Å². The zero-order valence-corrected chi connectivity index (χ0v) is 14.0. The highest BCUT2D eigenvalue weighted by Gasteiger charge is 2.28. The number of nitrogens with zero attached hydrogens (tertiary/aromatic N) is 2. The van der Waals surface area contributed by atoms with Gasteiger partial charge in [-0.25, -0.2) is 0 Å². The Bertz CT molecular complexity index is 525. The summed E-state index contributed by atoms with van der Waals surface area (Å²) in [6.45, 7) is 4.15. The second kappa shape index (κ2) is 7.11. The molecule has 0 amide bonds. The number of piperidine rings is 1. The molecular formula is C17H27N3O2. The lowest BCUT2D eigenvalue weighted by Crippen LogP contribution is -2.47. The van der Waals surface area contributed by atoms with Gasteiger partial charge in [0.1, 0.15) is 5.75 Å². The highest BCUT2D eigenvalue weighted by molar-refractivity contribution is 6.00. The first-order valence-electron chi connectivity index (χ1n) is 7.82. The van der Waals surface area contributed by atoms with E-state index in [1.165, 1.54) is 0 Å². The number of hydrogen-bond donors (Lipinski definition) is 1. The molecule has 1 aliphatic rings. The molecular weight excluding hydrogens is 278 g/mol. The molecule has 0 bridgehead atoms. The number of nitrogen functional groups attached to an aromatic ring is 1. The minimum absolute atomic E-state index is 0.107. The predicted molar refractivity (Wildman–Crippen MR) is 89.5 cm³/mol. The van der Waals surface area contributed by atoms with Crippen LogP contribution in [-0.2, 0) is 0 Å². The average Bonchev–Trinajstić information content (AvgIpc) is 2.53. The van der Waals surface area contributed by atoms with Crippen LogP contribution >= 0.6 is 0 Å². The van der Waals surface area contributed by atoms with E-state index in [1.54, 1.807) is 25.3 Å². The van der Waals surface area contributed by atoms with Crippen LogP contribution in [0.2, 0.25) is 0 Å². The van der Waals surface area contributed by atoms with Gasteiger partial charge in [-0.3, -0.25) is 9.69 Å². The van der Waals surface area contributed by atoms with Crippen LogP contribution in [0.5, 0.6) is 5.75 Å². The van der Waals surface area contributed by atoms with Crippen LogP contribution in [-0.4, -0.2) is 62.0 Å². The molecule has 1 fully saturated rings. The minimum Gasteiger partial charge on any atom is -0.495 e. The second-order valence-electron chi connectivity index (χ2n) is 6.20. The van der Waals surface area contributed by atoms with E-state index < -0.39 is 0 Å². The Morgan fingerprint density at radius 3 is 2.59 bits per heavy atom. The van der Waals surface area contributed by atoms with Gasteiger partial charge >= 0.3 is 0 Å². The Morgan fingerprint density at radius 2 is 2.05 bits per heavy atom. The minimum atomic E-state index is -0.152. The van der Waals surface area contributed by atoms with Crippen molar-refractivity contribution in [3.05, 3.63) is 23.8 Å². The number of likely N-dealkylation sites (tertiary alicyclic amines) is 1. The lowest BCUT2D eigenvalue weighted by Gasteiger charge is -2.37. The van der Waals surface area contributed by atoms with E-state index in [0.717, 1.165) is 25.9 Å². The van der Waals surface area contributed by atoms with Gasteiger partial charge in [0.15, 0.2) is 5.78 Å². The molecule has 1 aromatic rings. The van der Waals surface area contributed by atoms with E-state index in [1.807, 2.05) is 14.0 Å². The molecule has 2 rings (SSSR count). The molecule has 0 radical (unpaired) electrons. The fourth-order valence-electron chi connectivity index (χ4n) is 3.03. The summed E-state index contributed by atoms with van der Waals surface area (Å²) in [5.41, 5.74) is 7.05. The fourth-order valence-corrected chi connectivity index (χ4v) is 3.03. The van der Waals surface area contributed by atoms with Crippen molar-refractivity contribution in [2.75, 3.05) is 40.0 Å². The van der Waals surface area contributed by atoms with Gasteiger partial charge in [-0.2, -0.15) is 0 Å². The highest BCUT2D eigenvalue weighted by atomic mass is 16.5. The first-order chi connectivity index (χ1) is 10.4. The summed E-state index contributed by atoms with van der Waals surface area (Å²) in [4.78, 5) is 17.2. The SMILES string of the molecule is COc1ccc(C(=O)C(C)N(C)C2CCN(C)CC2)cc1N. The molecule has 1 atom stereocenters. The van der Waals surface area contributed by atoms with Gasteiger partial charge in [0.05, 0.1) is 18.8 Å². The number of ketones is 1. The van der Waals surface area contributed by atoms with E-state index in [2.05, 4.69) is 16.8 Å². The molecule has 0 saturated carbocycles. The Labute approximate surface area is 133 Å². The first-order valence-corrected chi connectivity index (χ1v) is 7.82. The summed E-state index contributed by atoms with van der Waals surface area (Å²) in [5.74, 6) is 0.712. The molecule has 1 unspecified atom stereocenters. The van der Waals surface area contributed by atoms with E-state index in [0.29, 0.717) is 23.0 Å². The predicted octanol–water partition coefficient (Wildman–Crippen LogP) is 1.87. The highest BCUT2D eigenvalue weighted by Crippen LogP contribution is 2.24. The summed E-state index contributed by atoms with van der Waals surface area (Å²) >= 11 is 0. The summed E-state index contributed by atoms with van der Waals surface area (Å²) in [6, 6.07) is 5.56. The van der Waals surface area contributed by atoms with Crippen molar-refractivity contribution in [1.29, 1.82) is 0 Å². The van der Waals surface area contributed by atoms with Crippen LogP contribution in [0.1, 0.15) is 30.1 Å². The largest absolute Gasteiger partial charge is 0.495 e. The lowest BCUT2D eigenvalue weighted by molar-refractivity contribution is 0.0731. The molecule has 1 saturated heterocycles. The third-order valence-electron chi connectivity index (χ3n) is 4.77.